The Labute approximate surface area is 171 Å². The summed E-state index contributed by atoms with van der Waals surface area (Å²) < 4.78 is 2.01. The predicted octanol–water partition coefficient (Wildman–Crippen LogP) is 4.15. The number of carbonyl (C=O) groups excluding carboxylic acids is 2. The highest BCUT2D eigenvalue weighted by atomic mass is 16.2. The van der Waals surface area contributed by atoms with Crippen LogP contribution in [-0.2, 0) is 11.3 Å². The third-order valence-electron chi connectivity index (χ3n) is 4.96. The topological polar surface area (TPSA) is 76.0 Å². The summed E-state index contributed by atoms with van der Waals surface area (Å²) in [6.45, 7) is 8.54. The van der Waals surface area contributed by atoms with Crippen LogP contribution in [0.25, 0.3) is 11.0 Å². The lowest BCUT2D eigenvalue weighted by Crippen LogP contribution is -2.47. The van der Waals surface area contributed by atoms with Gasteiger partial charge < -0.3 is 9.88 Å². The summed E-state index contributed by atoms with van der Waals surface area (Å²) in [7, 11) is 0. The van der Waals surface area contributed by atoms with Crippen LogP contribution in [0.3, 0.4) is 0 Å². The number of imidazole rings is 1. The maximum absolute atomic E-state index is 13.1. The molecule has 0 saturated heterocycles. The van der Waals surface area contributed by atoms with Gasteiger partial charge in [0.1, 0.15) is 6.04 Å². The minimum atomic E-state index is -0.669. The van der Waals surface area contributed by atoms with Crippen molar-refractivity contribution >= 4 is 28.8 Å². The average molecular weight is 393 g/mol. The molecule has 0 fully saturated rings. The fraction of sp³-hybridized carbons (Fsp3) is 0.348. The van der Waals surface area contributed by atoms with Crippen LogP contribution in [0.5, 0.6) is 0 Å². The van der Waals surface area contributed by atoms with Crippen molar-refractivity contribution in [3.8, 4) is 0 Å². The van der Waals surface area contributed by atoms with Crippen molar-refractivity contribution in [1.29, 1.82) is 0 Å². The number of fused-ring (bicyclic) bond motifs is 1. The summed E-state index contributed by atoms with van der Waals surface area (Å²) in [5.74, 6) is -0.0885. The molecule has 2 amide bonds. The van der Waals surface area contributed by atoms with E-state index in [4.69, 9.17) is 0 Å². The van der Waals surface area contributed by atoms with Crippen molar-refractivity contribution in [2.75, 3.05) is 5.32 Å². The van der Waals surface area contributed by atoms with Gasteiger partial charge in [-0.05, 0) is 43.0 Å². The van der Waals surface area contributed by atoms with Gasteiger partial charge in [-0.2, -0.15) is 0 Å². The first-order valence-corrected chi connectivity index (χ1v) is 10.0. The highest BCUT2D eigenvalue weighted by Crippen LogP contribution is 2.21. The Morgan fingerprint density at radius 3 is 2.45 bits per heavy atom. The molecule has 2 N–H and O–H groups in total. The lowest BCUT2D eigenvalue weighted by Gasteiger charge is -2.22. The predicted molar refractivity (Wildman–Crippen MR) is 116 cm³/mol. The van der Waals surface area contributed by atoms with Crippen LogP contribution < -0.4 is 10.6 Å². The SMILES string of the molecule is CCCn1c(NC(=O)[C@@H](NC(=O)c2ccccc2C)C(C)C)nc2ccccc21. The first kappa shape index (κ1) is 20.6. The van der Waals surface area contributed by atoms with Gasteiger partial charge in [0.2, 0.25) is 11.9 Å². The fourth-order valence-electron chi connectivity index (χ4n) is 3.39. The Bertz CT molecular complexity index is 1020. The van der Waals surface area contributed by atoms with Crippen LogP contribution in [0.4, 0.5) is 5.95 Å². The molecule has 152 valence electrons. The summed E-state index contributed by atoms with van der Waals surface area (Å²) in [6, 6.07) is 14.5. The number of hydrogen-bond acceptors (Lipinski definition) is 3. The highest BCUT2D eigenvalue weighted by molar-refractivity contribution is 6.01. The number of nitrogens with zero attached hydrogens (tertiary/aromatic N) is 2. The molecule has 0 aliphatic heterocycles. The number of hydrogen-bond donors (Lipinski definition) is 2. The minimum Gasteiger partial charge on any atom is -0.340 e. The van der Waals surface area contributed by atoms with E-state index in [1.54, 1.807) is 6.07 Å². The number of para-hydroxylation sites is 2. The Morgan fingerprint density at radius 1 is 1.07 bits per heavy atom. The smallest absolute Gasteiger partial charge is 0.252 e. The van der Waals surface area contributed by atoms with Gasteiger partial charge in [-0.3, -0.25) is 14.9 Å². The zero-order valence-electron chi connectivity index (χ0n) is 17.4. The molecule has 0 unspecified atom stereocenters. The maximum Gasteiger partial charge on any atom is 0.252 e. The molecule has 2 aromatic carbocycles. The number of aromatic nitrogens is 2. The highest BCUT2D eigenvalue weighted by Gasteiger charge is 2.26. The quantitative estimate of drug-likeness (QED) is 0.634. The molecule has 3 aromatic rings. The second-order valence-corrected chi connectivity index (χ2v) is 7.58. The molecule has 0 spiro atoms. The number of amides is 2. The van der Waals surface area contributed by atoms with E-state index in [0.29, 0.717) is 11.5 Å². The Balaban J connectivity index is 1.83. The van der Waals surface area contributed by atoms with Gasteiger partial charge in [0.05, 0.1) is 11.0 Å². The number of nitrogens with one attached hydrogen (secondary N) is 2. The van der Waals surface area contributed by atoms with Gasteiger partial charge in [0.25, 0.3) is 5.91 Å². The molecule has 29 heavy (non-hydrogen) atoms. The molecule has 0 bridgehead atoms. The van der Waals surface area contributed by atoms with Crippen molar-refractivity contribution in [3.63, 3.8) is 0 Å². The second kappa shape index (κ2) is 8.90. The summed E-state index contributed by atoms with van der Waals surface area (Å²) in [5.41, 5.74) is 3.26. The summed E-state index contributed by atoms with van der Waals surface area (Å²) in [5, 5.41) is 5.83. The molecule has 3 rings (SSSR count). The van der Waals surface area contributed by atoms with Crippen molar-refractivity contribution < 1.29 is 9.59 Å². The van der Waals surface area contributed by atoms with Gasteiger partial charge >= 0.3 is 0 Å². The van der Waals surface area contributed by atoms with E-state index in [0.717, 1.165) is 29.6 Å². The van der Waals surface area contributed by atoms with Crippen molar-refractivity contribution in [3.05, 3.63) is 59.7 Å². The molecule has 1 atom stereocenters. The molecule has 0 aliphatic carbocycles. The summed E-state index contributed by atoms with van der Waals surface area (Å²) in [6.07, 6.45) is 0.918. The van der Waals surface area contributed by atoms with Crippen LogP contribution >= 0.6 is 0 Å². The summed E-state index contributed by atoms with van der Waals surface area (Å²) in [4.78, 5) is 30.4. The minimum absolute atomic E-state index is 0.0769. The number of anilines is 1. The average Bonchev–Trinajstić information content (AvgIpc) is 3.03. The second-order valence-electron chi connectivity index (χ2n) is 7.58. The molecular weight excluding hydrogens is 364 g/mol. The molecule has 0 radical (unpaired) electrons. The molecule has 0 aliphatic rings. The maximum atomic E-state index is 13.1. The van der Waals surface area contributed by atoms with Crippen LogP contribution in [0.15, 0.2) is 48.5 Å². The molecule has 1 aromatic heterocycles. The first-order chi connectivity index (χ1) is 13.9. The van der Waals surface area contributed by atoms with E-state index in [9.17, 15) is 9.59 Å². The monoisotopic (exact) mass is 392 g/mol. The van der Waals surface area contributed by atoms with E-state index in [-0.39, 0.29) is 17.7 Å². The van der Waals surface area contributed by atoms with Gasteiger partial charge in [0.15, 0.2) is 0 Å². The number of rotatable bonds is 7. The van der Waals surface area contributed by atoms with E-state index >= 15 is 0 Å². The summed E-state index contributed by atoms with van der Waals surface area (Å²) >= 11 is 0. The first-order valence-electron chi connectivity index (χ1n) is 10.0. The third kappa shape index (κ3) is 4.47. The van der Waals surface area contributed by atoms with E-state index in [2.05, 4.69) is 22.5 Å². The molecule has 6 heteroatoms. The van der Waals surface area contributed by atoms with Gasteiger partial charge in [-0.1, -0.05) is 51.1 Å². The zero-order valence-corrected chi connectivity index (χ0v) is 17.4. The molecule has 1 heterocycles. The molecular formula is C23H28N4O2. The van der Waals surface area contributed by atoms with Gasteiger partial charge in [0, 0.05) is 12.1 Å². The van der Waals surface area contributed by atoms with Crippen LogP contribution in [-0.4, -0.2) is 27.4 Å². The standard InChI is InChI=1S/C23H28N4O2/c1-5-14-27-19-13-9-8-12-18(19)24-23(27)26-22(29)20(15(2)3)25-21(28)17-11-7-6-10-16(17)4/h6-13,15,20H,5,14H2,1-4H3,(H,25,28)(H,24,26,29)/t20-/m0/s1. The van der Waals surface area contributed by atoms with Crippen molar-refractivity contribution in [1.82, 2.24) is 14.9 Å². The van der Waals surface area contributed by atoms with Crippen LogP contribution in [0, 0.1) is 12.8 Å². The lowest BCUT2D eigenvalue weighted by molar-refractivity contribution is -0.119. The largest absolute Gasteiger partial charge is 0.340 e. The molecule has 6 nitrogen and oxygen atoms in total. The van der Waals surface area contributed by atoms with Crippen molar-refractivity contribution in [2.24, 2.45) is 5.92 Å². The van der Waals surface area contributed by atoms with Gasteiger partial charge in [-0.25, -0.2) is 4.98 Å². The van der Waals surface area contributed by atoms with Crippen molar-refractivity contribution in [2.45, 2.75) is 46.7 Å². The van der Waals surface area contributed by atoms with E-state index in [1.165, 1.54) is 0 Å². The molecule has 0 saturated carbocycles. The van der Waals surface area contributed by atoms with Gasteiger partial charge in [-0.15, -0.1) is 0 Å². The number of benzene rings is 2. The fourth-order valence-corrected chi connectivity index (χ4v) is 3.39. The van der Waals surface area contributed by atoms with Crippen LogP contribution in [0.2, 0.25) is 0 Å². The Hall–Kier alpha value is -3.15. The third-order valence-corrected chi connectivity index (χ3v) is 4.96. The van der Waals surface area contributed by atoms with E-state index < -0.39 is 6.04 Å². The lowest BCUT2D eigenvalue weighted by atomic mass is 10.0. The number of carbonyl (C=O) groups is 2. The van der Waals surface area contributed by atoms with Crippen LogP contribution in [0.1, 0.15) is 43.1 Å². The number of aryl methyl sites for hydroxylation is 2. The Morgan fingerprint density at radius 2 is 1.76 bits per heavy atom. The van der Waals surface area contributed by atoms with E-state index in [1.807, 2.05) is 67.8 Å². The Kier molecular flexibility index (Phi) is 6.32. The normalized spacial score (nSPS) is 12.2. The zero-order chi connectivity index (χ0) is 21.0.